The molecule has 0 spiro atoms. The van der Waals surface area contributed by atoms with Gasteiger partial charge in [-0.3, -0.25) is 0 Å². The molecule has 0 aliphatic heterocycles. The van der Waals surface area contributed by atoms with Crippen molar-refractivity contribution in [2.45, 2.75) is 19.6 Å². The topological polar surface area (TPSA) is 79.2 Å². The van der Waals surface area contributed by atoms with Crippen LogP contribution in [0.4, 0.5) is 9.59 Å². The molecule has 4 rings (SSSR count). The van der Waals surface area contributed by atoms with Gasteiger partial charge in [-0.2, -0.15) is 4.73 Å². The summed E-state index contributed by atoms with van der Waals surface area (Å²) in [5.74, 6) is 0.319. The van der Waals surface area contributed by atoms with Crippen LogP contribution in [-0.2, 0) is 29.1 Å². The van der Waals surface area contributed by atoms with Gasteiger partial charge >= 0.3 is 12.3 Å². The van der Waals surface area contributed by atoms with Crippen LogP contribution in [0.25, 0.3) is 10.9 Å². The molecule has 0 unspecified atom stereocenters. The lowest BCUT2D eigenvalue weighted by Gasteiger charge is -2.10. The zero-order valence-corrected chi connectivity index (χ0v) is 20.3. The second-order valence-corrected chi connectivity index (χ2v) is 8.43. The smallest absolute Gasteiger partial charge is 0.429 e. The van der Waals surface area contributed by atoms with E-state index >= 15 is 0 Å². The Balaban J connectivity index is 1.52. The highest BCUT2D eigenvalue weighted by Gasteiger charge is 2.19. The van der Waals surface area contributed by atoms with Crippen molar-refractivity contribution in [1.82, 2.24) is 9.63 Å². The molecule has 1 aromatic heterocycles. The van der Waals surface area contributed by atoms with Gasteiger partial charge in [0.2, 0.25) is 0 Å². The summed E-state index contributed by atoms with van der Waals surface area (Å²) in [6.07, 6.45) is 0.683. The van der Waals surface area contributed by atoms with Crippen LogP contribution >= 0.6 is 0 Å². The fourth-order valence-electron chi connectivity index (χ4n) is 3.65. The minimum atomic E-state index is -0.844. The molecule has 0 atom stereocenters. The Bertz CT molecular complexity index is 1300. The normalized spacial score (nSPS) is 10.9. The van der Waals surface area contributed by atoms with Gasteiger partial charge in [-0.05, 0) is 49.3 Å². The monoisotopic (exact) mass is 488 g/mol. The Kier molecular flexibility index (Phi) is 8.20. The van der Waals surface area contributed by atoms with Crippen LogP contribution < -0.4 is 9.57 Å². The average molecular weight is 489 g/mol. The first kappa shape index (κ1) is 24.8. The zero-order chi connectivity index (χ0) is 25.3. The van der Waals surface area contributed by atoms with Crippen molar-refractivity contribution in [3.8, 4) is 5.75 Å². The molecule has 0 aliphatic rings. The van der Waals surface area contributed by atoms with Crippen molar-refractivity contribution in [2.24, 2.45) is 0 Å². The molecule has 8 nitrogen and oxygen atoms in total. The molecule has 4 aromatic rings. The number of aromatic nitrogens is 1. The fourth-order valence-corrected chi connectivity index (χ4v) is 3.65. The first-order valence-corrected chi connectivity index (χ1v) is 11.5. The molecule has 0 saturated carbocycles. The summed E-state index contributed by atoms with van der Waals surface area (Å²) >= 11 is 0. The third kappa shape index (κ3) is 6.64. The first-order chi connectivity index (χ1) is 17.5. The van der Waals surface area contributed by atoms with E-state index in [1.807, 2.05) is 79.7 Å². The summed E-state index contributed by atoms with van der Waals surface area (Å²) in [6.45, 7) is 0.929. The first-order valence-electron chi connectivity index (χ1n) is 11.5. The number of ether oxygens (including phenoxy) is 3. The number of carbonyl (C=O) groups excluding carboxylic acids is 2. The van der Waals surface area contributed by atoms with Gasteiger partial charge in [-0.25, -0.2) is 9.59 Å². The molecule has 0 N–H and O–H groups in total. The van der Waals surface area contributed by atoms with Crippen molar-refractivity contribution < 1.29 is 28.6 Å². The lowest BCUT2D eigenvalue weighted by molar-refractivity contribution is 0.0462. The van der Waals surface area contributed by atoms with Gasteiger partial charge < -0.3 is 23.9 Å². The molecule has 0 aliphatic carbocycles. The number of nitrogens with zero attached hydrogens (tertiary/aromatic N) is 2. The number of hydrogen-bond acceptors (Lipinski definition) is 7. The summed E-state index contributed by atoms with van der Waals surface area (Å²) in [7, 11) is 3.93. The Morgan fingerprint density at radius 1 is 0.778 bits per heavy atom. The van der Waals surface area contributed by atoms with E-state index in [0.29, 0.717) is 23.1 Å². The molecule has 3 aromatic carbocycles. The molecule has 186 valence electrons. The highest BCUT2D eigenvalue weighted by Crippen LogP contribution is 2.31. The van der Waals surface area contributed by atoms with Crippen LogP contribution in [0.15, 0.2) is 85.1 Å². The highest BCUT2D eigenvalue weighted by atomic mass is 16.8. The molecular weight excluding hydrogens is 460 g/mol. The largest absolute Gasteiger partial charge is 0.534 e. The van der Waals surface area contributed by atoms with Crippen molar-refractivity contribution in [3.63, 3.8) is 0 Å². The third-order valence-corrected chi connectivity index (χ3v) is 5.43. The predicted molar refractivity (Wildman–Crippen MR) is 135 cm³/mol. The molecule has 0 radical (unpaired) electrons. The summed E-state index contributed by atoms with van der Waals surface area (Å²) < 4.78 is 17.4. The van der Waals surface area contributed by atoms with Gasteiger partial charge in [-0.1, -0.05) is 66.7 Å². The van der Waals surface area contributed by atoms with E-state index in [1.54, 1.807) is 24.4 Å². The predicted octanol–water partition coefficient (Wildman–Crippen LogP) is 5.23. The Morgan fingerprint density at radius 2 is 1.39 bits per heavy atom. The maximum atomic E-state index is 12.4. The van der Waals surface area contributed by atoms with E-state index in [2.05, 4.69) is 0 Å². The summed E-state index contributed by atoms with van der Waals surface area (Å²) in [5.41, 5.74) is 3.12. The molecule has 8 heteroatoms. The van der Waals surface area contributed by atoms with Crippen molar-refractivity contribution in [3.05, 3.63) is 102 Å². The van der Waals surface area contributed by atoms with Gasteiger partial charge in [0.05, 0.1) is 5.52 Å². The average Bonchev–Trinajstić information content (AvgIpc) is 3.24. The number of hydrogen-bond donors (Lipinski definition) is 0. The van der Waals surface area contributed by atoms with Gasteiger partial charge in [0.15, 0.2) is 0 Å². The van der Waals surface area contributed by atoms with E-state index in [4.69, 9.17) is 19.0 Å². The summed E-state index contributed by atoms with van der Waals surface area (Å²) in [5, 5.41) is 0.659. The van der Waals surface area contributed by atoms with Crippen LogP contribution in [-0.4, -0.2) is 42.6 Å². The Labute approximate surface area is 209 Å². The molecule has 0 bridgehead atoms. The maximum absolute atomic E-state index is 12.4. The molecular formula is C28H28N2O6. The second kappa shape index (κ2) is 11.9. The molecule has 0 saturated heterocycles. The third-order valence-electron chi connectivity index (χ3n) is 5.43. The quantitative estimate of drug-likeness (QED) is 0.236. The zero-order valence-electron chi connectivity index (χ0n) is 20.3. The SMILES string of the molecule is CN(C)CCc1cn(OC(=O)OCc2ccccc2)c2cccc(OC(=O)OCc3ccccc3)c12. The van der Waals surface area contributed by atoms with Crippen LogP contribution in [0.2, 0.25) is 0 Å². The molecule has 36 heavy (non-hydrogen) atoms. The van der Waals surface area contributed by atoms with Crippen LogP contribution in [0.3, 0.4) is 0 Å². The van der Waals surface area contributed by atoms with E-state index in [9.17, 15) is 9.59 Å². The lowest BCUT2D eigenvalue weighted by atomic mass is 10.1. The lowest BCUT2D eigenvalue weighted by Crippen LogP contribution is -2.20. The van der Waals surface area contributed by atoms with Crippen molar-refractivity contribution in [2.75, 3.05) is 20.6 Å². The van der Waals surface area contributed by atoms with Gasteiger partial charge in [0.1, 0.15) is 19.0 Å². The van der Waals surface area contributed by atoms with Crippen LogP contribution in [0.5, 0.6) is 5.75 Å². The number of carbonyl (C=O) groups is 2. The van der Waals surface area contributed by atoms with E-state index < -0.39 is 12.3 Å². The van der Waals surface area contributed by atoms with E-state index in [1.165, 1.54) is 4.73 Å². The maximum Gasteiger partial charge on any atom is 0.534 e. The fraction of sp³-hybridized carbons (Fsp3) is 0.214. The summed E-state index contributed by atoms with van der Waals surface area (Å²) in [6, 6.07) is 23.9. The van der Waals surface area contributed by atoms with Gasteiger partial charge in [0, 0.05) is 18.1 Å². The Hall–Kier alpha value is -4.30. The highest BCUT2D eigenvalue weighted by molar-refractivity contribution is 5.91. The number of fused-ring (bicyclic) bond motifs is 1. The number of likely N-dealkylation sites (N-methyl/N-ethyl adjacent to an activating group) is 1. The van der Waals surface area contributed by atoms with Gasteiger partial charge in [-0.15, -0.1) is 0 Å². The summed E-state index contributed by atoms with van der Waals surface area (Å²) in [4.78, 5) is 32.4. The standard InChI is InChI=1S/C28H28N2O6/c1-29(2)17-16-23-18-30(36-28(32)34-20-22-12-7-4-8-13-22)24-14-9-15-25(26(23)24)35-27(31)33-19-21-10-5-3-6-11-21/h3-15,18H,16-17,19-20H2,1-2H3. The van der Waals surface area contributed by atoms with Crippen LogP contribution in [0.1, 0.15) is 16.7 Å². The number of benzene rings is 3. The number of rotatable bonds is 9. The molecule has 1 heterocycles. The van der Waals surface area contributed by atoms with E-state index in [-0.39, 0.29) is 13.2 Å². The van der Waals surface area contributed by atoms with Gasteiger partial charge in [0.25, 0.3) is 0 Å². The minimum Gasteiger partial charge on any atom is -0.429 e. The van der Waals surface area contributed by atoms with Crippen molar-refractivity contribution in [1.29, 1.82) is 0 Å². The minimum absolute atomic E-state index is 0.0912. The molecule has 0 amide bonds. The Morgan fingerprint density at radius 3 is 2.00 bits per heavy atom. The van der Waals surface area contributed by atoms with Crippen LogP contribution in [0, 0.1) is 0 Å². The molecule has 0 fully saturated rings. The van der Waals surface area contributed by atoms with Crippen molar-refractivity contribution >= 4 is 23.2 Å². The van der Waals surface area contributed by atoms with E-state index in [0.717, 1.165) is 23.2 Å². The second-order valence-electron chi connectivity index (χ2n) is 8.43.